The van der Waals surface area contributed by atoms with Crippen LogP contribution >= 0.6 is 0 Å². The Labute approximate surface area is 107 Å². The van der Waals surface area contributed by atoms with Gasteiger partial charge in [-0.05, 0) is 6.07 Å². The standard InChI is InChI=1S/C11H13FN4O3/c12-7-6(3-17)19-11(9(7)18)16-4-15-8-5(16)1-2-14-10(8)13/h1-2,4,6-7,9,11,17-18H,3H2,(H2,13,14)/t6-,7-,9-,11-/m1/s1. The molecule has 1 fully saturated rings. The van der Waals surface area contributed by atoms with E-state index in [1.165, 1.54) is 17.1 Å². The number of nitrogen functional groups attached to an aromatic ring is 1. The van der Waals surface area contributed by atoms with Crippen LogP contribution in [0.5, 0.6) is 0 Å². The molecule has 0 bridgehead atoms. The summed E-state index contributed by atoms with van der Waals surface area (Å²) in [5.41, 5.74) is 6.72. The van der Waals surface area contributed by atoms with E-state index in [-0.39, 0.29) is 5.82 Å². The lowest BCUT2D eigenvalue weighted by molar-refractivity contribution is -0.0493. The zero-order valence-corrected chi connectivity index (χ0v) is 9.85. The number of imidazole rings is 1. The molecular weight excluding hydrogens is 255 g/mol. The zero-order valence-electron chi connectivity index (χ0n) is 9.85. The molecule has 0 aromatic carbocycles. The van der Waals surface area contributed by atoms with Crippen molar-refractivity contribution in [2.75, 3.05) is 12.3 Å². The fourth-order valence-corrected chi connectivity index (χ4v) is 2.27. The van der Waals surface area contributed by atoms with Gasteiger partial charge in [0, 0.05) is 6.20 Å². The van der Waals surface area contributed by atoms with Gasteiger partial charge < -0.3 is 25.3 Å². The number of nitrogens with zero attached hydrogens (tertiary/aromatic N) is 3. The molecule has 3 heterocycles. The second-order valence-corrected chi connectivity index (χ2v) is 4.40. The number of aromatic nitrogens is 3. The molecule has 3 rings (SSSR count). The van der Waals surface area contributed by atoms with Gasteiger partial charge in [-0.2, -0.15) is 0 Å². The summed E-state index contributed by atoms with van der Waals surface area (Å²) in [6, 6.07) is 1.65. The fraction of sp³-hybridized carbons (Fsp3) is 0.455. The van der Waals surface area contributed by atoms with E-state index in [4.69, 9.17) is 15.6 Å². The first-order valence-electron chi connectivity index (χ1n) is 5.79. The number of fused-ring (bicyclic) bond motifs is 1. The Morgan fingerprint density at radius 1 is 1.47 bits per heavy atom. The second-order valence-electron chi connectivity index (χ2n) is 4.40. The molecule has 0 saturated carbocycles. The van der Waals surface area contributed by atoms with Gasteiger partial charge in [-0.15, -0.1) is 0 Å². The molecule has 4 N–H and O–H groups in total. The Morgan fingerprint density at radius 2 is 2.26 bits per heavy atom. The third kappa shape index (κ3) is 1.76. The molecule has 0 radical (unpaired) electrons. The van der Waals surface area contributed by atoms with Gasteiger partial charge in [-0.3, -0.25) is 0 Å². The first-order chi connectivity index (χ1) is 9.13. The van der Waals surface area contributed by atoms with Crippen LogP contribution in [-0.2, 0) is 4.74 Å². The van der Waals surface area contributed by atoms with Crippen LogP contribution in [0, 0.1) is 0 Å². The number of hydrogen-bond donors (Lipinski definition) is 3. The summed E-state index contributed by atoms with van der Waals surface area (Å²) >= 11 is 0. The van der Waals surface area contributed by atoms with E-state index in [2.05, 4.69) is 9.97 Å². The van der Waals surface area contributed by atoms with Crippen molar-refractivity contribution in [2.45, 2.75) is 24.6 Å². The number of rotatable bonds is 2. The SMILES string of the molecule is Nc1nccc2c1ncn2[C@@H]1O[C@H](CO)[C@@H](F)[C@H]1O. The molecular formula is C11H13FN4O3. The molecule has 0 unspecified atom stereocenters. The van der Waals surface area contributed by atoms with Crippen LogP contribution < -0.4 is 5.73 Å². The van der Waals surface area contributed by atoms with Crippen LogP contribution in [0.1, 0.15) is 6.23 Å². The molecule has 8 heteroatoms. The number of aliphatic hydroxyl groups excluding tert-OH is 2. The third-order valence-electron chi connectivity index (χ3n) is 3.26. The number of anilines is 1. The molecule has 2 aromatic heterocycles. The van der Waals surface area contributed by atoms with Crippen LogP contribution in [0.3, 0.4) is 0 Å². The summed E-state index contributed by atoms with van der Waals surface area (Å²) < 4.78 is 20.5. The summed E-state index contributed by atoms with van der Waals surface area (Å²) in [5.74, 6) is 0.249. The molecule has 1 saturated heterocycles. The highest BCUT2D eigenvalue weighted by Crippen LogP contribution is 2.33. The van der Waals surface area contributed by atoms with Crippen molar-refractivity contribution in [3.8, 4) is 0 Å². The highest BCUT2D eigenvalue weighted by molar-refractivity contribution is 5.84. The molecule has 4 atom stereocenters. The monoisotopic (exact) mass is 268 g/mol. The number of pyridine rings is 1. The van der Waals surface area contributed by atoms with E-state index in [1.54, 1.807) is 6.07 Å². The molecule has 0 amide bonds. The molecule has 102 valence electrons. The van der Waals surface area contributed by atoms with Crippen LogP contribution in [0.15, 0.2) is 18.6 Å². The zero-order chi connectivity index (χ0) is 13.6. The molecule has 7 nitrogen and oxygen atoms in total. The van der Waals surface area contributed by atoms with Gasteiger partial charge in [0.1, 0.15) is 17.7 Å². The van der Waals surface area contributed by atoms with Crippen molar-refractivity contribution in [1.82, 2.24) is 14.5 Å². The molecule has 0 spiro atoms. The minimum atomic E-state index is -1.65. The molecule has 1 aliphatic rings. The summed E-state index contributed by atoms with van der Waals surface area (Å²) in [6.45, 7) is -0.495. The average molecular weight is 268 g/mol. The lowest BCUT2D eigenvalue weighted by Crippen LogP contribution is -2.29. The van der Waals surface area contributed by atoms with Gasteiger partial charge in [0.25, 0.3) is 0 Å². The van der Waals surface area contributed by atoms with Crippen molar-refractivity contribution in [3.63, 3.8) is 0 Å². The average Bonchev–Trinajstić information content (AvgIpc) is 2.94. The molecule has 1 aliphatic heterocycles. The maximum Gasteiger partial charge on any atom is 0.164 e. The summed E-state index contributed by atoms with van der Waals surface area (Å²) in [5, 5.41) is 18.8. The first kappa shape index (κ1) is 12.3. The Hall–Kier alpha value is -1.77. The normalized spacial score (nSPS) is 31.1. The van der Waals surface area contributed by atoms with E-state index >= 15 is 0 Å². The van der Waals surface area contributed by atoms with Gasteiger partial charge in [0.2, 0.25) is 0 Å². The van der Waals surface area contributed by atoms with Gasteiger partial charge >= 0.3 is 0 Å². The van der Waals surface area contributed by atoms with Gasteiger partial charge in [0.15, 0.2) is 18.2 Å². The van der Waals surface area contributed by atoms with Crippen LogP contribution in [-0.4, -0.2) is 49.7 Å². The maximum atomic E-state index is 13.7. The van der Waals surface area contributed by atoms with Crippen molar-refractivity contribution in [1.29, 1.82) is 0 Å². The quantitative estimate of drug-likeness (QED) is 0.684. The van der Waals surface area contributed by atoms with Crippen LogP contribution in [0.4, 0.5) is 10.2 Å². The largest absolute Gasteiger partial charge is 0.394 e. The number of halogens is 1. The Balaban J connectivity index is 2.04. The van der Waals surface area contributed by atoms with Crippen molar-refractivity contribution < 1.29 is 19.3 Å². The van der Waals surface area contributed by atoms with E-state index in [0.29, 0.717) is 11.0 Å². The number of nitrogens with two attached hydrogens (primary N) is 1. The van der Waals surface area contributed by atoms with Crippen molar-refractivity contribution in [2.24, 2.45) is 0 Å². The van der Waals surface area contributed by atoms with Crippen molar-refractivity contribution in [3.05, 3.63) is 18.6 Å². The molecule has 2 aromatic rings. The minimum Gasteiger partial charge on any atom is -0.394 e. The summed E-state index contributed by atoms with van der Waals surface area (Å²) in [4.78, 5) is 7.97. The van der Waals surface area contributed by atoms with Gasteiger partial charge in [-0.25, -0.2) is 14.4 Å². The Kier molecular flexibility index (Phi) is 2.85. The number of alkyl halides is 1. The van der Waals surface area contributed by atoms with E-state index in [1.807, 2.05) is 0 Å². The maximum absolute atomic E-state index is 13.7. The predicted molar refractivity (Wildman–Crippen MR) is 63.8 cm³/mol. The highest BCUT2D eigenvalue weighted by atomic mass is 19.1. The fourth-order valence-electron chi connectivity index (χ4n) is 2.27. The summed E-state index contributed by atoms with van der Waals surface area (Å²) in [6.07, 6.45) is -2.11. The van der Waals surface area contributed by atoms with E-state index < -0.39 is 31.2 Å². The van der Waals surface area contributed by atoms with E-state index in [0.717, 1.165) is 0 Å². The van der Waals surface area contributed by atoms with Gasteiger partial charge in [0.05, 0.1) is 18.5 Å². The first-order valence-corrected chi connectivity index (χ1v) is 5.79. The predicted octanol–water partition coefficient (Wildman–Crippen LogP) is -0.398. The second kappa shape index (κ2) is 4.41. The highest BCUT2D eigenvalue weighted by Gasteiger charge is 2.45. The molecule has 19 heavy (non-hydrogen) atoms. The number of aliphatic hydroxyl groups is 2. The Morgan fingerprint density at radius 3 is 2.95 bits per heavy atom. The number of hydrogen-bond acceptors (Lipinski definition) is 6. The van der Waals surface area contributed by atoms with Crippen LogP contribution in [0.2, 0.25) is 0 Å². The van der Waals surface area contributed by atoms with Crippen molar-refractivity contribution >= 4 is 16.9 Å². The topological polar surface area (TPSA) is 106 Å². The smallest absolute Gasteiger partial charge is 0.164 e. The third-order valence-corrected chi connectivity index (χ3v) is 3.26. The lowest BCUT2D eigenvalue weighted by Gasteiger charge is -2.16. The van der Waals surface area contributed by atoms with Crippen LogP contribution in [0.25, 0.3) is 11.0 Å². The summed E-state index contributed by atoms with van der Waals surface area (Å²) in [7, 11) is 0. The number of ether oxygens (including phenoxy) is 1. The minimum absolute atomic E-state index is 0.249. The molecule has 0 aliphatic carbocycles. The Bertz CT molecular complexity index is 605. The van der Waals surface area contributed by atoms with Gasteiger partial charge in [-0.1, -0.05) is 0 Å². The lowest BCUT2D eigenvalue weighted by atomic mass is 10.1. The van der Waals surface area contributed by atoms with E-state index in [9.17, 15) is 9.50 Å².